The summed E-state index contributed by atoms with van der Waals surface area (Å²) in [7, 11) is 0. The lowest BCUT2D eigenvalue weighted by atomic mass is 10.2. The first-order chi connectivity index (χ1) is 8.77. The van der Waals surface area contributed by atoms with Crippen LogP contribution in [-0.4, -0.2) is 29.7 Å². The molecule has 0 spiro atoms. The highest BCUT2D eigenvalue weighted by Crippen LogP contribution is 2.14. The second-order valence-corrected chi connectivity index (χ2v) is 4.40. The predicted molar refractivity (Wildman–Crippen MR) is 73.4 cm³/mol. The van der Waals surface area contributed by atoms with Crippen molar-refractivity contribution < 1.29 is 4.74 Å². The molecule has 0 aliphatic heterocycles. The minimum absolute atomic E-state index is 0.638. The van der Waals surface area contributed by atoms with Crippen molar-refractivity contribution in [2.24, 2.45) is 0 Å². The molecule has 2 aromatic rings. The van der Waals surface area contributed by atoms with Gasteiger partial charge in [0.1, 0.15) is 5.65 Å². The molecule has 0 aromatic carbocycles. The van der Waals surface area contributed by atoms with Crippen LogP contribution in [0.3, 0.4) is 0 Å². The van der Waals surface area contributed by atoms with Crippen molar-refractivity contribution in [2.45, 2.75) is 13.5 Å². The van der Waals surface area contributed by atoms with Crippen molar-refractivity contribution in [2.75, 3.05) is 19.8 Å². The van der Waals surface area contributed by atoms with Crippen LogP contribution in [-0.2, 0) is 11.3 Å². The van der Waals surface area contributed by atoms with Crippen LogP contribution in [0.5, 0.6) is 0 Å². The van der Waals surface area contributed by atoms with E-state index in [0.717, 1.165) is 24.3 Å². The Bertz CT molecular complexity index is 518. The molecule has 0 atom stereocenters. The Morgan fingerprint density at radius 2 is 2.44 bits per heavy atom. The third-order valence-corrected chi connectivity index (χ3v) is 2.62. The molecule has 2 aromatic heterocycles. The maximum atomic E-state index is 5.42. The van der Waals surface area contributed by atoms with E-state index in [1.165, 1.54) is 10.9 Å². The number of nitrogens with one attached hydrogen (secondary N) is 2. The summed E-state index contributed by atoms with van der Waals surface area (Å²) in [5.41, 5.74) is 3.23. The molecule has 18 heavy (non-hydrogen) atoms. The number of pyridine rings is 1. The van der Waals surface area contributed by atoms with Crippen LogP contribution in [0, 0.1) is 0 Å². The van der Waals surface area contributed by atoms with Crippen LogP contribution in [0.25, 0.3) is 11.0 Å². The van der Waals surface area contributed by atoms with Crippen molar-refractivity contribution >= 4 is 11.0 Å². The average molecular weight is 245 g/mol. The lowest BCUT2D eigenvalue weighted by Crippen LogP contribution is -2.19. The molecule has 2 rings (SSSR count). The van der Waals surface area contributed by atoms with Crippen LogP contribution < -0.4 is 5.32 Å². The van der Waals surface area contributed by atoms with Gasteiger partial charge in [-0.05, 0) is 24.6 Å². The van der Waals surface area contributed by atoms with Gasteiger partial charge < -0.3 is 15.0 Å². The molecule has 0 fully saturated rings. The van der Waals surface area contributed by atoms with Gasteiger partial charge in [-0.25, -0.2) is 4.98 Å². The fourth-order valence-corrected chi connectivity index (χ4v) is 1.77. The van der Waals surface area contributed by atoms with Gasteiger partial charge in [0.2, 0.25) is 0 Å². The lowest BCUT2D eigenvalue weighted by molar-refractivity contribution is 0.158. The number of aromatic nitrogens is 2. The van der Waals surface area contributed by atoms with Crippen LogP contribution in [0.1, 0.15) is 12.5 Å². The van der Waals surface area contributed by atoms with E-state index in [9.17, 15) is 0 Å². The molecule has 0 aliphatic carbocycles. The maximum absolute atomic E-state index is 5.42. The van der Waals surface area contributed by atoms with Crippen molar-refractivity contribution in [3.8, 4) is 0 Å². The van der Waals surface area contributed by atoms with Gasteiger partial charge >= 0.3 is 0 Å². The van der Waals surface area contributed by atoms with Crippen molar-refractivity contribution in [1.82, 2.24) is 15.3 Å². The van der Waals surface area contributed by atoms with E-state index >= 15 is 0 Å². The van der Waals surface area contributed by atoms with Gasteiger partial charge in [0.25, 0.3) is 0 Å². The van der Waals surface area contributed by atoms with Crippen LogP contribution in [0.15, 0.2) is 36.7 Å². The summed E-state index contributed by atoms with van der Waals surface area (Å²) >= 11 is 0. The molecule has 0 saturated heterocycles. The normalized spacial score (nSPS) is 10.9. The Morgan fingerprint density at radius 3 is 3.28 bits per heavy atom. The molecule has 4 nitrogen and oxygen atoms in total. The fourth-order valence-electron chi connectivity index (χ4n) is 1.77. The Balaban J connectivity index is 1.75. The maximum Gasteiger partial charge on any atom is 0.137 e. The van der Waals surface area contributed by atoms with E-state index in [0.29, 0.717) is 13.2 Å². The topological polar surface area (TPSA) is 49.9 Å². The Morgan fingerprint density at radius 1 is 1.56 bits per heavy atom. The van der Waals surface area contributed by atoms with E-state index in [-0.39, 0.29) is 0 Å². The SMILES string of the molecule is C=C(C)COCCNCc1c[nH]c2ncccc12. The predicted octanol–water partition coefficient (Wildman–Crippen LogP) is 2.25. The van der Waals surface area contributed by atoms with Gasteiger partial charge in [-0.3, -0.25) is 0 Å². The quantitative estimate of drug-likeness (QED) is 0.581. The van der Waals surface area contributed by atoms with Crippen LogP contribution >= 0.6 is 0 Å². The Hall–Kier alpha value is -1.65. The van der Waals surface area contributed by atoms with Gasteiger partial charge in [0.15, 0.2) is 0 Å². The van der Waals surface area contributed by atoms with Crippen molar-refractivity contribution in [3.05, 3.63) is 42.2 Å². The van der Waals surface area contributed by atoms with Gasteiger partial charge in [-0.1, -0.05) is 12.2 Å². The molecule has 0 bridgehead atoms. The number of ether oxygens (including phenoxy) is 1. The van der Waals surface area contributed by atoms with E-state index in [1.807, 2.05) is 19.2 Å². The van der Waals surface area contributed by atoms with E-state index in [4.69, 9.17) is 4.74 Å². The molecular formula is C14H19N3O. The minimum Gasteiger partial charge on any atom is -0.376 e. The second-order valence-electron chi connectivity index (χ2n) is 4.40. The first-order valence-electron chi connectivity index (χ1n) is 6.11. The summed E-state index contributed by atoms with van der Waals surface area (Å²) in [4.78, 5) is 7.42. The van der Waals surface area contributed by atoms with Gasteiger partial charge in [-0.2, -0.15) is 0 Å². The first kappa shape index (κ1) is 12.8. The van der Waals surface area contributed by atoms with Crippen molar-refractivity contribution in [3.63, 3.8) is 0 Å². The monoisotopic (exact) mass is 245 g/mol. The molecule has 2 N–H and O–H groups in total. The van der Waals surface area contributed by atoms with Crippen LogP contribution in [0.2, 0.25) is 0 Å². The number of H-pyrrole nitrogens is 1. The Labute approximate surface area is 107 Å². The summed E-state index contributed by atoms with van der Waals surface area (Å²) in [5.74, 6) is 0. The summed E-state index contributed by atoms with van der Waals surface area (Å²) in [6.07, 6.45) is 3.79. The lowest BCUT2D eigenvalue weighted by Gasteiger charge is -2.05. The number of rotatable bonds is 7. The fraction of sp³-hybridized carbons (Fsp3) is 0.357. The third-order valence-electron chi connectivity index (χ3n) is 2.62. The Kier molecular flexibility index (Phi) is 4.50. The molecule has 96 valence electrons. The van der Waals surface area contributed by atoms with Crippen molar-refractivity contribution in [1.29, 1.82) is 0 Å². The standard InChI is InChI=1S/C14H19N3O/c1-11(2)10-18-7-6-15-8-12-9-17-14-13(12)4-3-5-16-14/h3-5,9,15H,1,6-8,10H2,2H3,(H,16,17). The zero-order chi connectivity index (χ0) is 12.8. The van der Waals surface area contributed by atoms with Crippen LogP contribution in [0.4, 0.5) is 0 Å². The van der Waals surface area contributed by atoms with E-state index in [2.05, 4.69) is 27.9 Å². The number of hydrogen-bond donors (Lipinski definition) is 2. The summed E-state index contributed by atoms with van der Waals surface area (Å²) in [6.45, 7) is 8.75. The number of hydrogen-bond acceptors (Lipinski definition) is 3. The molecular weight excluding hydrogens is 226 g/mol. The number of nitrogens with zero attached hydrogens (tertiary/aromatic N) is 1. The molecule has 4 heteroatoms. The summed E-state index contributed by atoms with van der Waals surface area (Å²) < 4.78 is 5.42. The second kappa shape index (κ2) is 6.33. The van der Waals surface area contributed by atoms with Gasteiger partial charge in [-0.15, -0.1) is 0 Å². The smallest absolute Gasteiger partial charge is 0.137 e. The van der Waals surface area contributed by atoms with Gasteiger partial charge in [0.05, 0.1) is 13.2 Å². The largest absolute Gasteiger partial charge is 0.376 e. The highest BCUT2D eigenvalue weighted by Gasteiger charge is 2.02. The van der Waals surface area contributed by atoms with E-state index in [1.54, 1.807) is 6.20 Å². The number of aromatic amines is 1. The molecule has 0 saturated carbocycles. The number of fused-ring (bicyclic) bond motifs is 1. The summed E-state index contributed by atoms with van der Waals surface area (Å²) in [6, 6.07) is 4.03. The zero-order valence-corrected chi connectivity index (χ0v) is 10.7. The molecule has 0 radical (unpaired) electrons. The zero-order valence-electron chi connectivity index (χ0n) is 10.7. The highest BCUT2D eigenvalue weighted by molar-refractivity contribution is 5.79. The average Bonchev–Trinajstić information content (AvgIpc) is 2.77. The molecule has 2 heterocycles. The van der Waals surface area contributed by atoms with Gasteiger partial charge in [0, 0.05) is 30.9 Å². The first-order valence-corrected chi connectivity index (χ1v) is 6.11. The molecule has 0 amide bonds. The van der Waals surface area contributed by atoms with E-state index < -0.39 is 0 Å². The third kappa shape index (κ3) is 3.42. The highest BCUT2D eigenvalue weighted by atomic mass is 16.5. The molecule has 0 aliphatic rings. The summed E-state index contributed by atoms with van der Waals surface area (Å²) in [5, 5.41) is 4.53. The molecule has 0 unspecified atom stereocenters. The minimum atomic E-state index is 0.638.